The Morgan fingerprint density at radius 1 is 1.25 bits per heavy atom. The Hall–Kier alpha value is -1.62. The monoisotopic (exact) mass is 275 g/mol. The number of rotatable bonds is 8. The minimum absolute atomic E-state index is 0.450. The minimum Gasteiger partial charge on any atom is -0.305 e. The van der Waals surface area contributed by atoms with Crippen molar-refractivity contribution in [3.05, 3.63) is 35.9 Å². The van der Waals surface area contributed by atoms with Crippen LogP contribution in [0.15, 0.2) is 24.5 Å². The molecule has 0 amide bonds. The SMILES string of the molecule is CCCn1ccc(CNCc2ccnn2[C@@H](C)CC)n1. The van der Waals surface area contributed by atoms with E-state index in [1.165, 1.54) is 5.69 Å². The molecule has 2 heterocycles. The Morgan fingerprint density at radius 2 is 2.10 bits per heavy atom. The lowest BCUT2D eigenvalue weighted by Gasteiger charge is -2.13. The Morgan fingerprint density at radius 3 is 2.85 bits per heavy atom. The molecule has 0 fully saturated rings. The molecule has 110 valence electrons. The third kappa shape index (κ3) is 3.70. The van der Waals surface area contributed by atoms with E-state index in [1.807, 2.05) is 17.1 Å². The summed E-state index contributed by atoms with van der Waals surface area (Å²) in [6.07, 6.45) is 6.13. The van der Waals surface area contributed by atoms with Crippen molar-refractivity contribution >= 4 is 0 Å². The van der Waals surface area contributed by atoms with E-state index < -0.39 is 0 Å². The summed E-state index contributed by atoms with van der Waals surface area (Å²) in [6.45, 7) is 9.15. The number of hydrogen-bond donors (Lipinski definition) is 1. The van der Waals surface area contributed by atoms with Crippen molar-refractivity contribution in [1.82, 2.24) is 24.9 Å². The van der Waals surface area contributed by atoms with Crippen LogP contribution >= 0.6 is 0 Å². The van der Waals surface area contributed by atoms with Crippen LogP contribution in [-0.4, -0.2) is 19.6 Å². The van der Waals surface area contributed by atoms with E-state index in [-0.39, 0.29) is 0 Å². The van der Waals surface area contributed by atoms with Gasteiger partial charge in [-0.1, -0.05) is 13.8 Å². The number of hydrogen-bond acceptors (Lipinski definition) is 3. The van der Waals surface area contributed by atoms with Crippen molar-refractivity contribution < 1.29 is 0 Å². The highest BCUT2D eigenvalue weighted by molar-refractivity contribution is 5.03. The molecular weight excluding hydrogens is 250 g/mol. The first kappa shape index (κ1) is 14.8. The standard InChI is InChI=1S/C15H25N5/c1-4-9-19-10-7-14(18-19)11-16-12-15-6-8-17-20(15)13(3)5-2/h6-8,10,13,16H,4-5,9,11-12H2,1-3H3/t13-/m0/s1. The van der Waals surface area contributed by atoms with Crippen LogP contribution in [0.3, 0.4) is 0 Å². The van der Waals surface area contributed by atoms with Gasteiger partial charge < -0.3 is 5.32 Å². The Bertz CT molecular complexity index is 514. The molecular formula is C15H25N5. The summed E-state index contributed by atoms with van der Waals surface area (Å²) in [5.74, 6) is 0. The van der Waals surface area contributed by atoms with Gasteiger partial charge in [0.1, 0.15) is 0 Å². The van der Waals surface area contributed by atoms with Crippen molar-refractivity contribution in [1.29, 1.82) is 0 Å². The topological polar surface area (TPSA) is 47.7 Å². The van der Waals surface area contributed by atoms with E-state index in [2.05, 4.69) is 53.1 Å². The fraction of sp³-hybridized carbons (Fsp3) is 0.600. The van der Waals surface area contributed by atoms with Crippen LogP contribution in [0.5, 0.6) is 0 Å². The lowest BCUT2D eigenvalue weighted by molar-refractivity contribution is 0.451. The predicted molar refractivity (Wildman–Crippen MR) is 80.3 cm³/mol. The van der Waals surface area contributed by atoms with Gasteiger partial charge in [-0.05, 0) is 31.9 Å². The molecule has 2 rings (SSSR count). The van der Waals surface area contributed by atoms with Crippen LogP contribution in [0, 0.1) is 0 Å². The molecule has 0 aliphatic rings. The highest BCUT2D eigenvalue weighted by Crippen LogP contribution is 2.12. The summed E-state index contributed by atoms with van der Waals surface area (Å²) in [6, 6.07) is 4.61. The lowest BCUT2D eigenvalue weighted by Crippen LogP contribution is -2.18. The number of nitrogens with one attached hydrogen (secondary N) is 1. The molecule has 0 saturated carbocycles. The van der Waals surface area contributed by atoms with Crippen molar-refractivity contribution in [2.75, 3.05) is 0 Å². The molecule has 2 aromatic heterocycles. The van der Waals surface area contributed by atoms with Gasteiger partial charge in [-0.25, -0.2) is 0 Å². The van der Waals surface area contributed by atoms with Gasteiger partial charge >= 0.3 is 0 Å². The summed E-state index contributed by atoms with van der Waals surface area (Å²) in [5.41, 5.74) is 2.32. The lowest BCUT2D eigenvalue weighted by atomic mass is 10.2. The molecule has 1 atom stereocenters. The van der Waals surface area contributed by atoms with E-state index >= 15 is 0 Å². The van der Waals surface area contributed by atoms with E-state index in [4.69, 9.17) is 0 Å². The zero-order valence-corrected chi connectivity index (χ0v) is 12.7. The molecule has 0 bridgehead atoms. The Kier molecular flexibility index (Phi) is 5.35. The smallest absolute Gasteiger partial charge is 0.0762 e. The maximum absolute atomic E-state index is 4.52. The molecule has 0 aliphatic carbocycles. The first-order valence-electron chi connectivity index (χ1n) is 7.50. The molecule has 20 heavy (non-hydrogen) atoms. The van der Waals surface area contributed by atoms with Crippen molar-refractivity contribution in [3.63, 3.8) is 0 Å². The maximum Gasteiger partial charge on any atom is 0.0762 e. The van der Waals surface area contributed by atoms with Gasteiger partial charge in [-0.15, -0.1) is 0 Å². The Balaban J connectivity index is 1.84. The summed E-state index contributed by atoms with van der Waals surface area (Å²) in [5, 5.41) is 12.4. The Labute approximate surface area is 121 Å². The van der Waals surface area contributed by atoms with Crippen LogP contribution in [-0.2, 0) is 19.6 Å². The van der Waals surface area contributed by atoms with Gasteiger partial charge in [0.05, 0.1) is 11.4 Å². The fourth-order valence-corrected chi connectivity index (χ4v) is 2.22. The zero-order chi connectivity index (χ0) is 14.4. The molecule has 0 aromatic carbocycles. The normalized spacial score (nSPS) is 12.8. The third-order valence-corrected chi connectivity index (χ3v) is 3.52. The van der Waals surface area contributed by atoms with Crippen molar-refractivity contribution in [2.24, 2.45) is 0 Å². The van der Waals surface area contributed by atoms with Crippen molar-refractivity contribution in [3.8, 4) is 0 Å². The quantitative estimate of drug-likeness (QED) is 0.806. The molecule has 0 saturated heterocycles. The second-order valence-electron chi connectivity index (χ2n) is 5.20. The molecule has 5 heteroatoms. The van der Waals surface area contributed by atoms with E-state index in [9.17, 15) is 0 Å². The number of nitrogens with zero attached hydrogens (tertiary/aromatic N) is 4. The van der Waals surface area contributed by atoms with Gasteiger partial charge in [0, 0.05) is 38.1 Å². The van der Waals surface area contributed by atoms with Gasteiger partial charge in [0.25, 0.3) is 0 Å². The molecule has 2 aromatic rings. The zero-order valence-electron chi connectivity index (χ0n) is 12.7. The molecule has 1 N–H and O–H groups in total. The van der Waals surface area contributed by atoms with Crippen LogP contribution in [0.2, 0.25) is 0 Å². The van der Waals surface area contributed by atoms with Crippen LogP contribution < -0.4 is 5.32 Å². The average Bonchev–Trinajstić information content (AvgIpc) is 3.08. The molecule has 0 unspecified atom stereocenters. The molecule has 0 radical (unpaired) electrons. The highest BCUT2D eigenvalue weighted by atomic mass is 15.3. The third-order valence-electron chi connectivity index (χ3n) is 3.52. The summed E-state index contributed by atoms with van der Waals surface area (Å²) in [4.78, 5) is 0. The first-order valence-corrected chi connectivity index (χ1v) is 7.50. The van der Waals surface area contributed by atoms with Crippen molar-refractivity contribution in [2.45, 2.75) is 59.3 Å². The highest BCUT2D eigenvalue weighted by Gasteiger charge is 2.08. The second-order valence-corrected chi connectivity index (χ2v) is 5.20. The van der Waals surface area contributed by atoms with E-state index in [0.717, 1.165) is 38.2 Å². The average molecular weight is 275 g/mol. The second kappa shape index (κ2) is 7.24. The largest absolute Gasteiger partial charge is 0.305 e. The van der Waals surface area contributed by atoms with E-state index in [1.54, 1.807) is 0 Å². The fourth-order valence-electron chi connectivity index (χ4n) is 2.22. The van der Waals surface area contributed by atoms with Crippen LogP contribution in [0.25, 0.3) is 0 Å². The molecule has 0 spiro atoms. The van der Waals surface area contributed by atoms with Crippen LogP contribution in [0.1, 0.15) is 51.0 Å². The van der Waals surface area contributed by atoms with Gasteiger partial charge in [0.2, 0.25) is 0 Å². The summed E-state index contributed by atoms with van der Waals surface area (Å²) >= 11 is 0. The van der Waals surface area contributed by atoms with Crippen LogP contribution in [0.4, 0.5) is 0 Å². The van der Waals surface area contributed by atoms with E-state index in [0.29, 0.717) is 6.04 Å². The van der Waals surface area contributed by atoms with Gasteiger partial charge in [0.15, 0.2) is 0 Å². The molecule has 0 aliphatic heterocycles. The first-order chi connectivity index (χ1) is 9.74. The minimum atomic E-state index is 0.450. The summed E-state index contributed by atoms with van der Waals surface area (Å²) < 4.78 is 4.10. The number of aromatic nitrogens is 4. The van der Waals surface area contributed by atoms with Gasteiger partial charge in [-0.3, -0.25) is 9.36 Å². The molecule has 5 nitrogen and oxygen atoms in total. The van der Waals surface area contributed by atoms with Gasteiger partial charge in [-0.2, -0.15) is 10.2 Å². The predicted octanol–water partition coefficient (Wildman–Crippen LogP) is 2.75. The maximum atomic E-state index is 4.52. The summed E-state index contributed by atoms with van der Waals surface area (Å²) in [7, 11) is 0. The number of aryl methyl sites for hydroxylation is 1.